The van der Waals surface area contributed by atoms with Gasteiger partial charge in [-0.15, -0.1) is 0 Å². The van der Waals surface area contributed by atoms with E-state index in [1.165, 1.54) is 32.9 Å². The number of hydrogen-bond donors (Lipinski definition) is 0. The number of ether oxygens (including phenoxy) is 1. The van der Waals surface area contributed by atoms with E-state index in [0.717, 1.165) is 0 Å². The summed E-state index contributed by atoms with van der Waals surface area (Å²) in [6.07, 6.45) is 1.12. The summed E-state index contributed by atoms with van der Waals surface area (Å²) in [4.78, 5) is 12.4. The first kappa shape index (κ1) is 24.8. The summed E-state index contributed by atoms with van der Waals surface area (Å²) in [5.74, 6) is -0.918. The fraction of sp³-hybridized carbons (Fsp3) is 0.650. The Morgan fingerprint density at radius 2 is 1.60 bits per heavy atom. The number of benzene rings is 1. The van der Waals surface area contributed by atoms with Crippen molar-refractivity contribution in [1.29, 1.82) is 0 Å². The normalized spacial score (nSPS) is 19.1. The molecule has 8 nitrogen and oxygen atoms in total. The highest BCUT2D eigenvalue weighted by molar-refractivity contribution is 7.89. The number of hydrogen-bond acceptors (Lipinski definition) is 6. The van der Waals surface area contributed by atoms with E-state index >= 15 is 0 Å². The number of sulfonamides is 2. The Morgan fingerprint density at radius 3 is 2.10 bits per heavy atom. The molecule has 1 aliphatic rings. The third-order valence-corrected chi connectivity index (χ3v) is 8.87. The molecule has 2 rings (SSSR count). The van der Waals surface area contributed by atoms with Crippen LogP contribution in [0, 0.1) is 5.92 Å². The largest absolute Gasteiger partial charge is 0.460 e. The van der Waals surface area contributed by atoms with Gasteiger partial charge in [0.15, 0.2) is 0 Å². The van der Waals surface area contributed by atoms with Crippen LogP contribution in [0.5, 0.6) is 0 Å². The SMILES string of the molecule is CCN(CC)S(=O)(=O)c1ccc(S(=O)(=O)N2CCC[C@@H](C(=O)OC(C)(C)C)C2)cc1. The molecule has 10 heteroatoms. The Morgan fingerprint density at radius 1 is 1.07 bits per heavy atom. The molecule has 0 bridgehead atoms. The van der Waals surface area contributed by atoms with Crippen molar-refractivity contribution < 1.29 is 26.4 Å². The Bertz CT molecular complexity index is 946. The Balaban J connectivity index is 2.22. The second kappa shape index (κ2) is 9.33. The van der Waals surface area contributed by atoms with Crippen LogP contribution in [0.3, 0.4) is 0 Å². The standard InChI is InChI=1S/C20H32N2O6S2/c1-6-21(7-2)29(24,25)17-10-12-18(13-11-17)30(26,27)22-14-8-9-16(15-22)19(23)28-20(3,4)5/h10-13,16H,6-9,14-15H2,1-5H3/t16-/m1/s1. The molecule has 1 heterocycles. The predicted octanol–water partition coefficient (Wildman–Crippen LogP) is 2.46. The molecule has 0 saturated carbocycles. The molecule has 0 amide bonds. The van der Waals surface area contributed by atoms with Crippen LogP contribution in [0.15, 0.2) is 34.1 Å². The lowest BCUT2D eigenvalue weighted by atomic mass is 9.99. The van der Waals surface area contributed by atoms with Gasteiger partial charge < -0.3 is 4.74 Å². The van der Waals surface area contributed by atoms with Gasteiger partial charge in [0.1, 0.15) is 5.60 Å². The van der Waals surface area contributed by atoms with E-state index in [1.807, 2.05) is 0 Å². The van der Waals surface area contributed by atoms with Gasteiger partial charge in [-0.1, -0.05) is 13.8 Å². The number of carbonyl (C=O) groups is 1. The quantitative estimate of drug-likeness (QED) is 0.580. The van der Waals surface area contributed by atoms with Crippen LogP contribution in [-0.4, -0.2) is 63.2 Å². The van der Waals surface area contributed by atoms with Crippen LogP contribution in [0.4, 0.5) is 0 Å². The highest BCUT2D eigenvalue weighted by Gasteiger charge is 2.35. The van der Waals surface area contributed by atoms with Gasteiger partial charge in [0.05, 0.1) is 15.7 Å². The number of esters is 1. The number of piperidine rings is 1. The molecule has 0 aromatic heterocycles. The highest BCUT2D eigenvalue weighted by Crippen LogP contribution is 2.27. The van der Waals surface area contributed by atoms with Crippen molar-refractivity contribution in [3.8, 4) is 0 Å². The highest BCUT2D eigenvalue weighted by atomic mass is 32.2. The van der Waals surface area contributed by atoms with Gasteiger partial charge in [0.2, 0.25) is 20.0 Å². The van der Waals surface area contributed by atoms with Gasteiger partial charge in [0, 0.05) is 26.2 Å². The molecule has 1 fully saturated rings. The predicted molar refractivity (Wildman–Crippen MR) is 114 cm³/mol. The second-order valence-corrected chi connectivity index (χ2v) is 12.2. The molecular weight excluding hydrogens is 428 g/mol. The zero-order valence-corrected chi connectivity index (χ0v) is 19.9. The van der Waals surface area contributed by atoms with E-state index < -0.39 is 37.5 Å². The summed E-state index contributed by atoms with van der Waals surface area (Å²) in [6, 6.07) is 5.25. The molecule has 170 valence electrons. The van der Waals surface area contributed by atoms with Crippen LogP contribution in [0.25, 0.3) is 0 Å². The molecule has 0 aliphatic carbocycles. The minimum absolute atomic E-state index is 0.00540. The molecule has 0 spiro atoms. The fourth-order valence-corrected chi connectivity index (χ4v) is 6.37. The lowest BCUT2D eigenvalue weighted by Crippen LogP contribution is -2.43. The molecule has 0 radical (unpaired) electrons. The molecule has 0 N–H and O–H groups in total. The molecule has 1 atom stereocenters. The van der Waals surface area contributed by atoms with Crippen LogP contribution in [0.2, 0.25) is 0 Å². The summed E-state index contributed by atoms with van der Waals surface area (Å²) in [5.41, 5.74) is -0.635. The van der Waals surface area contributed by atoms with Gasteiger partial charge in [-0.2, -0.15) is 8.61 Å². The minimum atomic E-state index is -3.85. The number of rotatable bonds is 7. The first-order valence-corrected chi connectivity index (χ1v) is 13.0. The molecular formula is C20H32N2O6S2. The zero-order valence-electron chi connectivity index (χ0n) is 18.3. The maximum Gasteiger partial charge on any atom is 0.310 e. The number of carbonyl (C=O) groups excluding carboxylic acids is 1. The maximum atomic E-state index is 13.1. The topological polar surface area (TPSA) is 101 Å². The lowest BCUT2D eigenvalue weighted by molar-refractivity contribution is -0.161. The molecule has 30 heavy (non-hydrogen) atoms. The van der Waals surface area contributed by atoms with Crippen molar-refractivity contribution in [2.45, 2.75) is 62.9 Å². The minimum Gasteiger partial charge on any atom is -0.460 e. The second-order valence-electron chi connectivity index (χ2n) is 8.30. The van der Waals surface area contributed by atoms with Crippen molar-refractivity contribution in [2.75, 3.05) is 26.2 Å². The first-order valence-electron chi connectivity index (χ1n) is 10.2. The average Bonchev–Trinajstić information content (AvgIpc) is 2.67. The van der Waals surface area contributed by atoms with E-state index in [0.29, 0.717) is 32.5 Å². The molecule has 1 saturated heterocycles. The van der Waals surface area contributed by atoms with Gasteiger partial charge >= 0.3 is 5.97 Å². The molecule has 0 unspecified atom stereocenters. The van der Waals surface area contributed by atoms with E-state index in [2.05, 4.69) is 0 Å². The summed E-state index contributed by atoms with van der Waals surface area (Å²) in [7, 11) is -7.51. The third-order valence-electron chi connectivity index (χ3n) is 4.93. The van der Waals surface area contributed by atoms with Gasteiger partial charge in [0.25, 0.3) is 0 Å². The fourth-order valence-electron chi connectivity index (χ4n) is 3.38. The van der Waals surface area contributed by atoms with E-state index in [4.69, 9.17) is 4.74 Å². The summed E-state index contributed by atoms with van der Waals surface area (Å²) < 4.78 is 59.3. The summed E-state index contributed by atoms with van der Waals surface area (Å²) in [5, 5.41) is 0. The average molecular weight is 461 g/mol. The number of nitrogens with zero attached hydrogens (tertiary/aromatic N) is 2. The summed E-state index contributed by atoms with van der Waals surface area (Å²) in [6.45, 7) is 9.84. The van der Waals surface area contributed by atoms with E-state index in [9.17, 15) is 21.6 Å². The smallest absolute Gasteiger partial charge is 0.310 e. The Kier molecular flexibility index (Phi) is 7.71. The van der Waals surface area contributed by atoms with Crippen molar-refractivity contribution in [3.63, 3.8) is 0 Å². The monoisotopic (exact) mass is 460 g/mol. The van der Waals surface area contributed by atoms with E-state index in [-0.39, 0.29) is 16.3 Å². The van der Waals surface area contributed by atoms with Gasteiger partial charge in [-0.05, 0) is 57.9 Å². The Labute approximate surface area is 180 Å². The van der Waals surface area contributed by atoms with Crippen molar-refractivity contribution in [1.82, 2.24) is 8.61 Å². The van der Waals surface area contributed by atoms with Crippen LogP contribution < -0.4 is 0 Å². The van der Waals surface area contributed by atoms with Crippen molar-refractivity contribution in [2.24, 2.45) is 5.92 Å². The van der Waals surface area contributed by atoms with Gasteiger partial charge in [-0.3, -0.25) is 4.79 Å². The van der Waals surface area contributed by atoms with Crippen LogP contribution >= 0.6 is 0 Å². The third kappa shape index (κ3) is 5.60. The molecule has 1 aromatic carbocycles. The first-order chi connectivity index (χ1) is 13.8. The summed E-state index contributed by atoms with van der Waals surface area (Å²) >= 11 is 0. The molecule has 1 aromatic rings. The van der Waals surface area contributed by atoms with Crippen LogP contribution in [0.1, 0.15) is 47.5 Å². The van der Waals surface area contributed by atoms with Crippen molar-refractivity contribution in [3.05, 3.63) is 24.3 Å². The molecule has 1 aliphatic heterocycles. The Hall–Kier alpha value is -1.49. The maximum absolute atomic E-state index is 13.1. The van der Waals surface area contributed by atoms with E-state index in [1.54, 1.807) is 34.6 Å². The van der Waals surface area contributed by atoms with Gasteiger partial charge in [-0.25, -0.2) is 16.8 Å². The zero-order chi connectivity index (χ0) is 22.7. The van der Waals surface area contributed by atoms with Crippen molar-refractivity contribution >= 4 is 26.0 Å². The van der Waals surface area contributed by atoms with Crippen LogP contribution in [-0.2, 0) is 29.6 Å². The lowest BCUT2D eigenvalue weighted by Gasteiger charge is -2.32.